The van der Waals surface area contributed by atoms with Gasteiger partial charge in [-0.1, -0.05) is 18.2 Å². The number of hydrogen-bond donors (Lipinski definition) is 0. The summed E-state index contributed by atoms with van der Waals surface area (Å²) < 4.78 is 7.93. The standard InChI is InChI=1S/C21H26N4O/c1-3-25-14-18-8-7-16(13-20(18)23-25)15-26-21-6-4-5-19(22-21)17-9-11-24(2)12-10-17/h4-8,13-14,17H,3,9-12,15H2,1-2H3. The minimum absolute atomic E-state index is 0.513. The predicted octanol–water partition coefficient (Wildman–Crippen LogP) is 3.84. The van der Waals surface area contributed by atoms with Crippen LogP contribution < -0.4 is 4.74 Å². The van der Waals surface area contributed by atoms with Crippen LogP contribution in [0.3, 0.4) is 0 Å². The molecule has 1 fully saturated rings. The van der Waals surface area contributed by atoms with Crippen molar-refractivity contribution in [3.63, 3.8) is 0 Å². The Balaban J connectivity index is 1.43. The first kappa shape index (κ1) is 17.0. The van der Waals surface area contributed by atoms with Crippen LogP contribution in [0.25, 0.3) is 10.9 Å². The topological polar surface area (TPSA) is 43.2 Å². The zero-order valence-corrected chi connectivity index (χ0v) is 15.6. The van der Waals surface area contributed by atoms with Crippen LogP contribution in [0.1, 0.15) is 36.9 Å². The molecule has 2 aromatic heterocycles. The Hall–Kier alpha value is -2.40. The third-order valence-electron chi connectivity index (χ3n) is 5.21. The van der Waals surface area contributed by atoms with Crippen molar-refractivity contribution in [3.8, 4) is 5.88 Å². The van der Waals surface area contributed by atoms with Crippen LogP contribution in [-0.4, -0.2) is 39.8 Å². The molecule has 5 nitrogen and oxygen atoms in total. The van der Waals surface area contributed by atoms with Crippen molar-refractivity contribution in [2.75, 3.05) is 20.1 Å². The number of benzene rings is 1. The van der Waals surface area contributed by atoms with Crippen LogP contribution in [0.2, 0.25) is 0 Å². The molecule has 136 valence electrons. The molecule has 5 heteroatoms. The van der Waals surface area contributed by atoms with E-state index in [4.69, 9.17) is 9.72 Å². The van der Waals surface area contributed by atoms with Crippen molar-refractivity contribution in [1.29, 1.82) is 0 Å². The van der Waals surface area contributed by atoms with E-state index in [1.165, 1.54) is 12.8 Å². The number of hydrogen-bond acceptors (Lipinski definition) is 4. The number of rotatable bonds is 5. The van der Waals surface area contributed by atoms with Crippen LogP contribution >= 0.6 is 0 Å². The quantitative estimate of drug-likeness (QED) is 0.701. The molecule has 1 aliphatic heterocycles. The zero-order valence-electron chi connectivity index (χ0n) is 15.6. The summed E-state index contributed by atoms with van der Waals surface area (Å²) in [6, 6.07) is 12.4. The molecule has 1 saturated heterocycles. The number of fused-ring (bicyclic) bond motifs is 1. The van der Waals surface area contributed by atoms with Gasteiger partial charge in [-0.15, -0.1) is 0 Å². The van der Waals surface area contributed by atoms with E-state index in [0.717, 1.165) is 41.8 Å². The summed E-state index contributed by atoms with van der Waals surface area (Å²) >= 11 is 0. The second-order valence-electron chi connectivity index (χ2n) is 7.14. The van der Waals surface area contributed by atoms with E-state index in [1.54, 1.807) is 0 Å². The molecule has 0 unspecified atom stereocenters. The van der Waals surface area contributed by atoms with E-state index in [1.807, 2.05) is 10.7 Å². The van der Waals surface area contributed by atoms with E-state index in [0.29, 0.717) is 18.4 Å². The molecule has 0 radical (unpaired) electrons. The first-order valence-corrected chi connectivity index (χ1v) is 9.45. The van der Waals surface area contributed by atoms with E-state index >= 15 is 0 Å². The van der Waals surface area contributed by atoms with Gasteiger partial charge in [-0.25, -0.2) is 4.98 Å². The summed E-state index contributed by atoms with van der Waals surface area (Å²) in [4.78, 5) is 7.14. The van der Waals surface area contributed by atoms with Gasteiger partial charge in [-0.05, 0) is 57.6 Å². The highest BCUT2D eigenvalue weighted by atomic mass is 16.5. The predicted molar refractivity (Wildman–Crippen MR) is 103 cm³/mol. The fourth-order valence-corrected chi connectivity index (χ4v) is 3.56. The lowest BCUT2D eigenvalue weighted by Crippen LogP contribution is -2.29. The smallest absolute Gasteiger partial charge is 0.213 e. The fourth-order valence-electron chi connectivity index (χ4n) is 3.56. The minimum Gasteiger partial charge on any atom is -0.473 e. The summed E-state index contributed by atoms with van der Waals surface area (Å²) in [7, 11) is 2.18. The third kappa shape index (κ3) is 3.73. The SMILES string of the molecule is CCn1cc2ccc(COc3cccc(C4CCN(C)CC4)n3)cc2n1. The molecule has 0 amide bonds. The van der Waals surface area contributed by atoms with Crippen LogP contribution in [-0.2, 0) is 13.2 Å². The van der Waals surface area contributed by atoms with Crippen molar-refractivity contribution in [2.24, 2.45) is 0 Å². The molecule has 0 saturated carbocycles. The Morgan fingerprint density at radius 2 is 2.00 bits per heavy atom. The van der Waals surface area contributed by atoms with Gasteiger partial charge in [-0.3, -0.25) is 4.68 Å². The summed E-state index contributed by atoms with van der Waals surface area (Å²) in [5.41, 5.74) is 3.29. The Bertz CT molecular complexity index is 881. The van der Waals surface area contributed by atoms with E-state index in [9.17, 15) is 0 Å². The molecule has 3 heterocycles. The Morgan fingerprint density at radius 3 is 2.81 bits per heavy atom. The fraction of sp³-hybridized carbons (Fsp3) is 0.429. The number of ether oxygens (including phenoxy) is 1. The zero-order chi connectivity index (χ0) is 17.9. The average molecular weight is 350 g/mol. The van der Waals surface area contributed by atoms with Crippen LogP contribution in [0.15, 0.2) is 42.6 Å². The maximum absolute atomic E-state index is 5.97. The number of aryl methyl sites for hydroxylation is 1. The average Bonchev–Trinajstić information content (AvgIpc) is 3.10. The molecule has 0 N–H and O–H groups in total. The highest BCUT2D eigenvalue weighted by molar-refractivity contribution is 5.78. The van der Waals surface area contributed by atoms with Gasteiger partial charge in [0.15, 0.2) is 0 Å². The van der Waals surface area contributed by atoms with E-state index in [2.05, 4.69) is 60.5 Å². The first-order chi connectivity index (χ1) is 12.7. The molecule has 0 aliphatic carbocycles. The van der Waals surface area contributed by atoms with E-state index in [-0.39, 0.29) is 0 Å². The number of nitrogens with zero attached hydrogens (tertiary/aromatic N) is 4. The molecule has 1 aliphatic rings. The molecule has 0 bridgehead atoms. The van der Waals surface area contributed by atoms with Gasteiger partial charge in [0.25, 0.3) is 0 Å². The normalized spacial score (nSPS) is 16.2. The number of aromatic nitrogens is 3. The van der Waals surface area contributed by atoms with Gasteiger partial charge in [0.1, 0.15) is 6.61 Å². The second-order valence-corrected chi connectivity index (χ2v) is 7.14. The van der Waals surface area contributed by atoms with Crippen molar-refractivity contribution >= 4 is 10.9 Å². The minimum atomic E-state index is 0.513. The lowest BCUT2D eigenvalue weighted by Gasteiger charge is -2.28. The molecule has 26 heavy (non-hydrogen) atoms. The second kappa shape index (κ2) is 7.46. The molecule has 4 rings (SSSR count). The van der Waals surface area contributed by atoms with Gasteiger partial charge in [0.2, 0.25) is 5.88 Å². The highest BCUT2D eigenvalue weighted by Gasteiger charge is 2.19. The van der Waals surface area contributed by atoms with Crippen molar-refractivity contribution < 1.29 is 4.74 Å². The Morgan fingerprint density at radius 1 is 1.15 bits per heavy atom. The third-order valence-corrected chi connectivity index (χ3v) is 5.21. The molecule has 0 atom stereocenters. The van der Waals surface area contributed by atoms with Gasteiger partial charge < -0.3 is 9.64 Å². The van der Waals surface area contributed by atoms with Crippen LogP contribution in [0.4, 0.5) is 0 Å². The lowest BCUT2D eigenvalue weighted by atomic mass is 9.93. The highest BCUT2D eigenvalue weighted by Crippen LogP contribution is 2.27. The Kier molecular flexibility index (Phi) is 4.89. The first-order valence-electron chi connectivity index (χ1n) is 9.45. The summed E-state index contributed by atoms with van der Waals surface area (Å²) in [6.45, 7) is 5.77. The van der Waals surface area contributed by atoms with Gasteiger partial charge in [0, 0.05) is 35.8 Å². The van der Waals surface area contributed by atoms with Crippen LogP contribution in [0, 0.1) is 0 Å². The van der Waals surface area contributed by atoms with Gasteiger partial charge >= 0.3 is 0 Å². The number of piperidine rings is 1. The van der Waals surface area contributed by atoms with E-state index < -0.39 is 0 Å². The molecule has 1 aromatic carbocycles. The molecule has 3 aromatic rings. The maximum Gasteiger partial charge on any atom is 0.213 e. The summed E-state index contributed by atoms with van der Waals surface area (Å²) in [5, 5.41) is 5.73. The molecule has 0 spiro atoms. The van der Waals surface area contributed by atoms with Gasteiger partial charge in [-0.2, -0.15) is 5.10 Å². The summed E-state index contributed by atoms with van der Waals surface area (Å²) in [5.74, 6) is 1.25. The van der Waals surface area contributed by atoms with Crippen molar-refractivity contribution in [3.05, 3.63) is 53.9 Å². The molecular formula is C21H26N4O. The van der Waals surface area contributed by atoms with Crippen LogP contribution in [0.5, 0.6) is 5.88 Å². The number of likely N-dealkylation sites (tertiary alicyclic amines) is 1. The largest absolute Gasteiger partial charge is 0.473 e. The lowest BCUT2D eigenvalue weighted by molar-refractivity contribution is 0.250. The maximum atomic E-state index is 5.97. The van der Waals surface area contributed by atoms with Crippen molar-refractivity contribution in [1.82, 2.24) is 19.7 Å². The van der Waals surface area contributed by atoms with Crippen molar-refractivity contribution in [2.45, 2.75) is 38.8 Å². The summed E-state index contributed by atoms with van der Waals surface area (Å²) in [6.07, 6.45) is 4.42. The molecular weight excluding hydrogens is 324 g/mol. The Labute approximate surface area is 154 Å². The monoisotopic (exact) mass is 350 g/mol. The number of pyridine rings is 1. The van der Waals surface area contributed by atoms with Gasteiger partial charge in [0.05, 0.1) is 5.52 Å².